The number of benzene rings is 2. The van der Waals surface area contributed by atoms with Crippen molar-refractivity contribution in [1.29, 1.82) is 0 Å². The lowest BCUT2D eigenvalue weighted by atomic mass is 9.95. The van der Waals surface area contributed by atoms with E-state index in [9.17, 15) is 14.0 Å². The molecule has 8 heteroatoms. The van der Waals surface area contributed by atoms with Gasteiger partial charge in [-0.2, -0.15) is 5.10 Å². The molecule has 2 aromatic heterocycles. The maximum absolute atomic E-state index is 14.5. The average molecular weight is 445 g/mol. The number of hydrogen-bond acceptors (Lipinski definition) is 4. The lowest BCUT2D eigenvalue weighted by molar-refractivity contribution is -0.123. The highest BCUT2D eigenvalue weighted by Gasteiger charge is 2.22. The van der Waals surface area contributed by atoms with Crippen LogP contribution in [0.25, 0.3) is 28.2 Å². The SMILES string of the molecule is Cc1ccc(-c2cn3nc(-c4ccc(C(N)=O)cc4F)ccc3n2)cc1NC(=O)C(C)(C)C. The third kappa shape index (κ3) is 4.45. The molecular formula is C25H24FN5O2. The predicted molar refractivity (Wildman–Crippen MR) is 125 cm³/mol. The van der Waals surface area contributed by atoms with Gasteiger partial charge in [0.15, 0.2) is 5.65 Å². The van der Waals surface area contributed by atoms with Crippen molar-refractivity contribution in [1.82, 2.24) is 14.6 Å². The Balaban J connectivity index is 1.69. The van der Waals surface area contributed by atoms with E-state index in [4.69, 9.17) is 5.73 Å². The van der Waals surface area contributed by atoms with E-state index < -0.39 is 17.1 Å². The lowest BCUT2D eigenvalue weighted by Gasteiger charge is -2.19. The maximum atomic E-state index is 14.5. The quantitative estimate of drug-likeness (QED) is 0.479. The molecule has 0 saturated heterocycles. The summed E-state index contributed by atoms with van der Waals surface area (Å²) in [6.07, 6.45) is 1.74. The molecule has 0 aliphatic rings. The number of anilines is 1. The van der Waals surface area contributed by atoms with E-state index in [0.29, 0.717) is 17.0 Å². The predicted octanol–water partition coefficient (Wildman–Crippen LogP) is 4.59. The topological polar surface area (TPSA) is 102 Å². The molecule has 0 aliphatic heterocycles. The maximum Gasteiger partial charge on any atom is 0.248 e. The van der Waals surface area contributed by atoms with Gasteiger partial charge in [0.25, 0.3) is 0 Å². The van der Waals surface area contributed by atoms with Crippen molar-refractivity contribution in [3.05, 3.63) is 71.7 Å². The van der Waals surface area contributed by atoms with Crippen LogP contribution in [0.15, 0.2) is 54.7 Å². The summed E-state index contributed by atoms with van der Waals surface area (Å²) in [5.74, 6) is -1.36. The number of nitrogens with two attached hydrogens (primary N) is 1. The molecule has 4 aromatic rings. The van der Waals surface area contributed by atoms with Crippen molar-refractivity contribution < 1.29 is 14.0 Å². The zero-order valence-corrected chi connectivity index (χ0v) is 18.8. The normalized spacial score (nSPS) is 11.5. The molecule has 0 radical (unpaired) electrons. The minimum absolute atomic E-state index is 0.0755. The standard InChI is InChI=1S/C25H24FN5O2/c1-14-5-6-15(12-20(14)29-24(33)25(2,3)4)21-13-31-22(28-21)10-9-19(30-31)17-8-7-16(23(27)32)11-18(17)26/h5-13H,1-4H3,(H2,27,32)(H,29,33). The summed E-state index contributed by atoms with van der Waals surface area (Å²) in [6, 6.07) is 13.2. The van der Waals surface area contributed by atoms with Crippen LogP contribution < -0.4 is 11.1 Å². The highest BCUT2D eigenvalue weighted by molar-refractivity contribution is 5.96. The first kappa shape index (κ1) is 22.1. The molecule has 4 rings (SSSR count). The Labute approximate surface area is 190 Å². The molecule has 3 N–H and O–H groups in total. The summed E-state index contributed by atoms with van der Waals surface area (Å²) < 4.78 is 16.1. The third-order valence-electron chi connectivity index (χ3n) is 5.31. The monoisotopic (exact) mass is 445 g/mol. The molecule has 0 saturated carbocycles. The van der Waals surface area contributed by atoms with E-state index in [-0.39, 0.29) is 17.0 Å². The first-order valence-electron chi connectivity index (χ1n) is 10.4. The molecule has 0 bridgehead atoms. The highest BCUT2D eigenvalue weighted by Crippen LogP contribution is 2.28. The van der Waals surface area contributed by atoms with Crippen LogP contribution in [0.3, 0.4) is 0 Å². The number of amides is 2. The van der Waals surface area contributed by atoms with Crippen LogP contribution >= 0.6 is 0 Å². The molecule has 2 amide bonds. The third-order valence-corrected chi connectivity index (χ3v) is 5.31. The van der Waals surface area contributed by atoms with Crippen LogP contribution in [0.1, 0.15) is 36.7 Å². The number of halogens is 1. The van der Waals surface area contributed by atoms with Crippen LogP contribution in [-0.4, -0.2) is 26.4 Å². The van der Waals surface area contributed by atoms with Gasteiger partial charge in [-0.15, -0.1) is 0 Å². The largest absolute Gasteiger partial charge is 0.366 e. The van der Waals surface area contributed by atoms with Crippen molar-refractivity contribution in [3.63, 3.8) is 0 Å². The number of carbonyl (C=O) groups is 2. The minimum Gasteiger partial charge on any atom is -0.366 e. The Bertz CT molecular complexity index is 1400. The van der Waals surface area contributed by atoms with Crippen LogP contribution in [0.2, 0.25) is 0 Å². The van der Waals surface area contributed by atoms with E-state index >= 15 is 0 Å². The molecule has 2 heterocycles. The molecule has 0 spiro atoms. The molecular weight excluding hydrogens is 421 g/mol. The smallest absolute Gasteiger partial charge is 0.248 e. The summed E-state index contributed by atoms with van der Waals surface area (Å²) in [5, 5.41) is 7.46. The number of imidazole rings is 1. The number of fused-ring (bicyclic) bond motifs is 1. The van der Waals surface area contributed by atoms with E-state index in [1.54, 1.807) is 22.8 Å². The number of carbonyl (C=O) groups excluding carboxylic acids is 2. The number of nitrogens with zero attached hydrogens (tertiary/aromatic N) is 3. The summed E-state index contributed by atoms with van der Waals surface area (Å²) in [7, 11) is 0. The Morgan fingerprint density at radius 3 is 2.45 bits per heavy atom. The van der Waals surface area contributed by atoms with Gasteiger partial charge in [-0.05, 0) is 48.9 Å². The van der Waals surface area contributed by atoms with Crippen LogP contribution in [0.4, 0.5) is 10.1 Å². The van der Waals surface area contributed by atoms with Gasteiger partial charge in [-0.25, -0.2) is 13.9 Å². The van der Waals surface area contributed by atoms with E-state index in [0.717, 1.165) is 22.9 Å². The Morgan fingerprint density at radius 1 is 1.03 bits per heavy atom. The summed E-state index contributed by atoms with van der Waals surface area (Å²) in [6.45, 7) is 7.50. The molecule has 2 aromatic carbocycles. The van der Waals surface area contributed by atoms with Gasteiger partial charge < -0.3 is 11.1 Å². The Morgan fingerprint density at radius 2 is 1.79 bits per heavy atom. The fourth-order valence-electron chi connectivity index (χ4n) is 3.27. The summed E-state index contributed by atoms with van der Waals surface area (Å²) in [4.78, 5) is 28.3. The number of aromatic nitrogens is 3. The molecule has 0 atom stereocenters. The first-order chi connectivity index (χ1) is 15.5. The number of nitrogens with one attached hydrogen (secondary N) is 1. The van der Waals surface area contributed by atoms with Gasteiger partial charge in [-0.3, -0.25) is 9.59 Å². The lowest BCUT2D eigenvalue weighted by Crippen LogP contribution is -2.27. The van der Waals surface area contributed by atoms with Crippen LogP contribution in [-0.2, 0) is 4.79 Å². The van der Waals surface area contributed by atoms with Crippen molar-refractivity contribution >= 4 is 23.1 Å². The number of hydrogen-bond donors (Lipinski definition) is 2. The van der Waals surface area contributed by atoms with E-state index in [1.165, 1.54) is 12.1 Å². The molecule has 33 heavy (non-hydrogen) atoms. The van der Waals surface area contributed by atoms with E-state index in [1.807, 2.05) is 45.9 Å². The fraction of sp³-hybridized carbons (Fsp3) is 0.200. The van der Waals surface area contributed by atoms with E-state index in [2.05, 4.69) is 15.4 Å². The van der Waals surface area contributed by atoms with Gasteiger partial charge >= 0.3 is 0 Å². The summed E-state index contributed by atoms with van der Waals surface area (Å²) >= 11 is 0. The van der Waals surface area contributed by atoms with Crippen molar-refractivity contribution in [2.75, 3.05) is 5.32 Å². The van der Waals surface area contributed by atoms with Crippen molar-refractivity contribution in [3.8, 4) is 22.5 Å². The highest BCUT2D eigenvalue weighted by atomic mass is 19.1. The molecule has 0 unspecified atom stereocenters. The van der Waals surface area contributed by atoms with Crippen LogP contribution in [0, 0.1) is 18.2 Å². The second-order valence-corrected chi connectivity index (χ2v) is 8.94. The molecule has 168 valence electrons. The Kier molecular flexibility index (Phi) is 5.45. The van der Waals surface area contributed by atoms with Gasteiger partial charge in [0.05, 0.1) is 17.6 Å². The summed E-state index contributed by atoms with van der Waals surface area (Å²) in [5.41, 5.74) is 9.15. The van der Waals surface area contributed by atoms with Gasteiger partial charge in [-0.1, -0.05) is 32.9 Å². The van der Waals surface area contributed by atoms with Gasteiger partial charge in [0.1, 0.15) is 5.82 Å². The molecule has 0 fully saturated rings. The second kappa shape index (κ2) is 8.12. The second-order valence-electron chi connectivity index (χ2n) is 8.94. The Hall–Kier alpha value is -4.07. The minimum atomic E-state index is -0.695. The zero-order valence-electron chi connectivity index (χ0n) is 18.8. The number of aryl methyl sites for hydroxylation is 1. The fourth-order valence-corrected chi connectivity index (χ4v) is 3.27. The number of primary amides is 1. The zero-order chi connectivity index (χ0) is 23.9. The van der Waals surface area contributed by atoms with Crippen LogP contribution in [0.5, 0.6) is 0 Å². The molecule has 0 aliphatic carbocycles. The van der Waals surface area contributed by atoms with Crippen molar-refractivity contribution in [2.45, 2.75) is 27.7 Å². The molecule has 7 nitrogen and oxygen atoms in total. The average Bonchev–Trinajstić information content (AvgIpc) is 3.17. The van der Waals surface area contributed by atoms with Crippen molar-refractivity contribution in [2.24, 2.45) is 11.1 Å². The van der Waals surface area contributed by atoms with Gasteiger partial charge in [0.2, 0.25) is 11.8 Å². The number of rotatable bonds is 4. The first-order valence-corrected chi connectivity index (χ1v) is 10.4. The van der Waals surface area contributed by atoms with Gasteiger partial charge in [0, 0.05) is 27.8 Å².